The first-order valence-corrected chi connectivity index (χ1v) is 7.58. The summed E-state index contributed by atoms with van der Waals surface area (Å²) in [7, 11) is 0. The van der Waals surface area contributed by atoms with E-state index in [1.807, 2.05) is 35.4 Å². The van der Waals surface area contributed by atoms with Crippen LogP contribution in [0.3, 0.4) is 0 Å². The highest BCUT2D eigenvalue weighted by Gasteiger charge is 2.24. The molecule has 1 amide bonds. The van der Waals surface area contributed by atoms with Crippen molar-refractivity contribution in [2.24, 2.45) is 0 Å². The van der Waals surface area contributed by atoms with Crippen LogP contribution >= 0.6 is 11.8 Å². The van der Waals surface area contributed by atoms with Gasteiger partial charge < -0.3 is 4.90 Å². The molecule has 20 heavy (non-hydrogen) atoms. The van der Waals surface area contributed by atoms with E-state index in [0.717, 1.165) is 36.4 Å². The van der Waals surface area contributed by atoms with Crippen molar-refractivity contribution in [1.82, 2.24) is 9.88 Å². The van der Waals surface area contributed by atoms with Gasteiger partial charge >= 0.3 is 0 Å². The van der Waals surface area contributed by atoms with Crippen molar-refractivity contribution in [2.75, 3.05) is 6.54 Å². The quantitative estimate of drug-likeness (QED) is 0.805. The Labute approximate surface area is 123 Å². The van der Waals surface area contributed by atoms with Gasteiger partial charge in [-0.25, -0.2) is 4.98 Å². The van der Waals surface area contributed by atoms with Gasteiger partial charge in [-0.2, -0.15) is 0 Å². The average Bonchev–Trinajstić information content (AvgIpc) is 2.98. The highest BCUT2D eigenvalue weighted by atomic mass is 32.2. The molecule has 2 heterocycles. The van der Waals surface area contributed by atoms with Crippen LogP contribution in [0.15, 0.2) is 58.6 Å². The summed E-state index contributed by atoms with van der Waals surface area (Å²) in [6.45, 7) is 0.856. The minimum absolute atomic E-state index is 0.204. The Bertz CT molecular complexity index is 571. The second kappa shape index (κ2) is 6.09. The van der Waals surface area contributed by atoms with Gasteiger partial charge in [0, 0.05) is 17.6 Å². The van der Waals surface area contributed by atoms with Crippen molar-refractivity contribution in [2.45, 2.75) is 28.8 Å². The van der Waals surface area contributed by atoms with E-state index in [0.29, 0.717) is 0 Å². The van der Waals surface area contributed by atoms with Gasteiger partial charge in [-0.05, 0) is 36.6 Å². The second-order valence-corrected chi connectivity index (χ2v) is 5.94. The zero-order valence-electron chi connectivity index (χ0n) is 11.1. The van der Waals surface area contributed by atoms with Gasteiger partial charge in [0.15, 0.2) is 0 Å². The lowest BCUT2D eigenvalue weighted by atomic mass is 10.1. The fourth-order valence-corrected chi connectivity index (χ4v) is 3.31. The Kier molecular flexibility index (Phi) is 4.02. The summed E-state index contributed by atoms with van der Waals surface area (Å²) in [5.41, 5.74) is 1.13. The van der Waals surface area contributed by atoms with Gasteiger partial charge in [0.2, 0.25) is 6.41 Å². The second-order valence-electron chi connectivity index (χ2n) is 4.85. The fourth-order valence-electron chi connectivity index (χ4n) is 2.53. The molecule has 1 unspecified atom stereocenters. The van der Waals surface area contributed by atoms with Crippen LogP contribution in [0.4, 0.5) is 0 Å². The molecule has 3 nitrogen and oxygen atoms in total. The molecule has 1 aliphatic rings. The molecular formula is C16H16N2OS. The van der Waals surface area contributed by atoms with Crippen molar-refractivity contribution >= 4 is 18.2 Å². The maximum atomic E-state index is 11.0. The Morgan fingerprint density at radius 2 is 2.05 bits per heavy atom. The highest BCUT2D eigenvalue weighted by molar-refractivity contribution is 7.99. The Balaban J connectivity index is 1.73. The van der Waals surface area contributed by atoms with Gasteiger partial charge in [0.05, 0.1) is 6.04 Å². The van der Waals surface area contributed by atoms with Crippen LogP contribution in [0.25, 0.3) is 0 Å². The molecule has 0 bridgehead atoms. The van der Waals surface area contributed by atoms with Crippen molar-refractivity contribution in [1.29, 1.82) is 0 Å². The summed E-state index contributed by atoms with van der Waals surface area (Å²) in [5.74, 6) is 0. The summed E-state index contributed by atoms with van der Waals surface area (Å²) >= 11 is 1.65. The third-order valence-electron chi connectivity index (χ3n) is 3.54. The molecular weight excluding hydrogens is 268 g/mol. The Morgan fingerprint density at radius 3 is 2.75 bits per heavy atom. The first-order chi connectivity index (χ1) is 9.86. The lowest BCUT2D eigenvalue weighted by Gasteiger charge is -2.19. The number of aromatic nitrogens is 1. The van der Waals surface area contributed by atoms with Gasteiger partial charge in [-0.3, -0.25) is 4.79 Å². The van der Waals surface area contributed by atoms with Crippen molar-refractivity contribution in [3.05, 3.63) is 54.2 Å². The molecule has 2 aromatic rings. The van der Waals surface area contributed by atoms with Crippen LogP contribution in [0.2, 0.25) is 0 Å². The number of pyridine rings is 1. The highest BCUT2D eigenvalue weighted by Crippen LogP contribution is 2.32. The third-order valence-corrected chi connectivity index (χ3v) is 4.50. The summed E-state index contributed by atoms with van der Waals surface area (Å²) in [6.07, 6.45) is 4.96. The SMILES string of the molecule is O=CN1CCCC1c1ccc(Sc2ccccc2)nc1. The molecule has 102 valence electrons. The molecule has 3 rings (SSSR count). The number of likely N-dealkylation sites (tertiary alicyclic amines) is 1. The van der Waals surface area contributed by atoms with Crippen LogP contribution in [0, 0.1) is 0 Å². The topological polar surface area (TPSA) is 33.2 Å². The van der Waals surface area contributed by atoms with Gasteiger partial charge in [0.25, 0.3) is 0 Å². The van der Waals surface area contributed by atoms with Crippen LogP contribution in [0.5, 0.6) is 0 Å². The molecule has 1 aromatic heterocycles. The molecule has 1 aliphatic heterocycles. The molecule has 4 heteroatoms. The number of rotatable bonds is 4. The van der Waals surface area contributed by atoms with Crippen molar-refractivity contribution < 1.29 is 4.79 Å². The number of amides is 1. The Hall–Kier alpha value is -1.81. The zero-order valence-corrected chi connectivity index (χ0v) is 11.9. The van der Waals surface area contributed by atoms with Crippen LogP contribution in [-0.4, -0.2) is 22.8 Å². The lowest BCUT2D eigenvalue weighted by Crippen LogP contribution is -2.21. The van der Waals surface area contributed by atoms with E-state index in [9.17, 15) is 4.79 Å². The smallest absolute Gasteiger partial charge is 0.210 e. The molecule has 0 saturated carbocycles. The molecule has 0 radical (unpaired) electrons. The largest absolute Gasteiger partial charge is 0.338 e. The number of carbonyl (C=O) groups excluding carboxylic acids is 1. The van der Waals surface area contributed by atoms with Gasteiger partial charge in [-0.15, -0.1) is 0 Å². The van der Waals surface area contributed by atoms with Crippen molar-refractivity contribution in [3.8, 4) is 0 Å². The van der Waals surface area contributed by atoms with E-state index in [4.69, 9.17) is 0 Å². The van der Waals surface area contributed by atoms with Crippen LogP contribution < -0.4 is 0 Å². The molecule has 1 saturated heterocycles. The maximum Gasteiger partial charge on any atom is 0.210 e. The van der Waals surface area contributed by atoms with Gasteiger partial charge in [0.1, 0.15) is 5.03 Å². The number of hydrogen-bond donors (Lipinski definition) is 0. The van der Waals surface area contributed by atoms with E-state index in [2.05, 4.69) is 23.2 Å². The molecule has 0 aliphatic carbocycles. The molecule has 0 N–H and O–H groups in total. The van der Waals surface area contributed by atoms with E-state index in [-0.39, 0.29) is 6.04 Å². The van der Waals surface area contributed by atoms with Crippen LogP contribution in [0.1, 0.15) is 24.4 Å². The van der Waals surface area contributed by atoms with E-state index in [1.165, 1.54) is 4.90 Å². The normalized spacial score (nSPS) is 18.2. The predicted molar refractivity (Wildman–Crippen MR) is 79.5 cm³/mol. The number of nitrogens with zero attached hydrogens (tertiary/aromatic N) is 2. The Morgan fingerprint density at radius 1 is 1.20 bits per heavy atom. The van der Waals surface area contributed by atoms with E-state index in [1.54, 1.807) is 11.8 Å². The number of hydrogen-bond acceptors (Lipinski definition) is 3. The summed E-state index contributed by atoms with van der Waals surface area (Å²) in [6, 6.07) is 14.5. The van der Waals surface area contributed by atoms with E-state index >= 15 is 0 Å². The fraction of sp³-hybridized carbons (Fsp3) is 0.250. The summed E-state index contributed by atoms with van der Waals surface area (Å²) in [5, 5.41) is 0.982. The maximum absolute atomic E-state index is 11.0. The minimum atomic E-state index is 0.204. The number of carbonyl (C=O) groups is 1. The molecule has 1 atom stereocenters. The lowest BCUT2D eigenvalue weighted by molar-refractivity contribution is -0.118. The van der Waals surface area contributed by atoms with Gasteiger partial charge in [-0.1, -0.05) is 36.0 Å². The molecule has 1 fully saturated rings. The molecule has 1 aromatic carbocycles. The monoisotopic (exact) mass is 284 g/mol. The standard InChI is InChI=1S/C16H16N2OS/c19-12-18-10-4-7-15(18)13-8-9-16(17-11-13)20-14-5-2-1-3-6-14/h1-3,5-6,8-9,11-12,15H,4,7,10H2. The first-order valence-electron chi connectivity index (χ1n) is 6.77. The number of benzene rings is 1. The summed E-state index contributed by atoms with van der Waals surface area (Å²) in [4.78, 5) is 18.6. The first kappa shape index (κ1) is 13.2. The summed E-state index contributed by atoms with van der Waals surface area (Å²) < 4.78 is 0. The third kappa shape index (κ3) is 2.85. The van der Waals surface area contributed by atoms with E-state index < -0.39 is 0 Å². The predicted octanol–water partition coefficient (Wildman–Crippen LogP) is 3.53. The zero-order chi connectivity index (χ0) is 13.8. The minimum Gasteiger partial charge on any atom is -0.338 e. The average molecular weight is 284 g/mol. The van der Waals surface area contributed by atoms with Crippen LogP contribution in [-0.2, 0) is 4.79 Å². The van der Waals surface area contributed by atoms with Crippen molar-refractivity contribution in [3.63, 3.8) is 0 Å². The molecule has 0 spiro atoms.